The molecular formula is C28H32ClN5O3. The molecule has 2 aliphatic heterocycles. The summed E-state index contributed by atoms with van der Waals surface area (Å²) in [5, 5.41) is 3.77. The average molecular weight is 522 g/mol. The second-order valence-electron chi connectivity index (χ2n) is 10.1. The lowest BCUT2D eigenvalue weighted by molar-refractivity contribution is -0.147. The second kappa shape index (κ2) is 9.84. The molecule has 9 heteroatoms. The predicted molar refractivity (Wildman–Crippen MR) is 145 cm³/mol. The monoisotopic (exact) mass is 521 g/mol. The zero-order valence-corrected chi connectivity index (χ0v) is 22.6. The summed E-state index contributed by atoms with van der Waals surface area (Å²) in [4.78, 5) is 26.2. The lowest BCUT2D eigenvalue weighted by Crippen LogP contribution is -2.39. The Morgan fingerprint density at radius 1 is 1.22 bits per heavy atom. The summed E-state index contributed by atoms with van der Waals surface area (Å²) < 4.78 is 10.8. The molecular weight excluding hydrogens is 490 g/mol. The number of likely N-dealkylation sites (N-methyl/N-ethyl adjacent to an activating group) is 1. The van der Waals surface area contributed by atoms with Gasteiger partial charge in [0, 0.05) is 30.7 Å². The molecule has 0 spiro atoms. The van der Waals surface area contributed by atoms with Crippen molar-refractivity contribution in [2.75, 3.05) is 44.6 Å². The number of nitrogens with one attached hydrogen (secondary N) is 1. The van der Waals surface area contributed by atoms with E-state index >= 15 is 0 Å². The van der Waals surface area contributed by atoms with Crippen LogP contribution in [0.1, 0.15) is 30.5 Å². The highest BCUT2D eigenvalue weighted by Gasteiger charge is 2.47. The van der Waals surface area contributed by atoms with E-state index in [9.17, 15) is 4.79 Å². The van der Waals surface area contributed by atoms with E-state index in [4.69, 9.17) is 26.1 Å². The number of fused-ring (bicyclic) bond motifs is 2. The van der Waals surface area contributed by atoms with E-state index in [1.165, 1.54) is 18.2 Å². The van der Waals surface area contributed by atoms with Gasteiger partial charge in [-0.15, -0.1) is 0 Å². The third kappa shape index (κ3) is 4.49. The summed E-state index contributed by atoms with van der Waals surface area (Å²) in [5.41, 5.74) is 4.88. The highest BCUT2D eigenvalue weighted by atomic mass is 35.5. The topological polar surface area (TPSA) is 79.8 Å². The van der Waals surface area contributed by atoms with Crippen molar-refractivity contribution in [2.45, 2.75) is 32.2 Å². The Kier molecular flexibility index (Phi) is 6.72. The molecule has 37 heavy (non-hydrogen) atoms. The molecule has 8 nitrogen and oxygen atoms in total. The van der Waals surface area contributed by atoms with Gasteiger partial charge < -0.3 is 24.6 Å². The van der Waals surface area contributed by atoms with Crippen molar-refractivity contribution in [3.05, 3.63) is 64.3 Å². The first-order chi connectivity index (χ1) is 17.7. The number of carbonyl (C=O) groups is 1. The smallest absolute Gasteiger partial charge is 0.309 e. The number of esters is 1. The molecule has 2 atom stereocenters. The third-order valence-electron chi connectivity index (χ3n) is 7.76. The van der Waals surface area contributed by atoms with E-state index in [0.717, 1.165) is 42.2 Å². The Bertz CT molecular complexity index is 1350. The summed E-state index contributed by atoms with van der Waals surface area (Å²) in [5.74, 6) is 1.12. The van der Waals surface area contributed by atoms with Gasteiger partial charge in [-0.2, -0.15) is 4.98 Å². The Labute approximate surface area is 222 Å². The molecule has 0 bridgehead atoms. The van der Waals surface area contributed by atoms with Crippen LogP contribution in [-0.2, 0) is 27.9 Å². The van der Waals surface area contributed by atoms with Crippen LogP contribution in [0.25, 0.3) is 0 Å². The van der Waals surface area contributed by atoms with Gasteiger partial charge in [-0.25, -0.2) is 4.98 Å². The molecule has 3 heterocycles. The SMILES string of the molecule is COC(=O)C(C)C1(C)CN(c2nc(Nc3cc4c(cc3OC)CCN(C)C4)ncc2Cl)c2ccccc21. The Hall–Kier alpha value is -3.36. The Morgan fingerprint density at radius 2 is 2.00 bits per heavy atom. The number of methoxy groups -OCH3 is 2. The number of hydrogen-bond acceptors (Lipinski definition) is 8. The van der Waals surface area contributed by atoms with E-state index in [2.05, 4.69) is 52.3 Å². The molecule has 0 aliphatic carbocycles. The van der Waals surface area contributed by atoms with Crippen molar-refractivity contribution in [3.8, 4) is 5.75 Å². The first-order valence-corrected chi connectivity index (χ1v) is 12.8. The molecule has 1 aromatic heterocycles. The van der Waals surface area contributed by atoms with Crippen LogP contribution in [0.3, 0.4) is 0 Å². The summed E-state index contributed by atoms with van der Waals surface area (Å²) in [6, 6.07) is 12.2. The van der Waals surface area contributed by atoms with E-state index in [1.807, 2.05) is 25.1 Å². The predicted octanol–water partition coefficient (Wildman–Crippen LogP) is 5.09. The van der Waals surface area contributed by atoms with Crippen LogP contribution in [-0.4, -0.2) is 55.2 Å². The fourth-order valence-corrected chi connectivity index (χ4v) is 5.60. The maximum atomic E-state index is 12.5. The summed E-state index contributed by atoms with van der Waals surface area (Å²) in [7, 11) is 5.21. The molecule has 194 valence electrons. The van der Waals surface area contributed by atoms with Crippen LogP contribution in [0.4, 0.5) is 23.1 Å². The molecule has 5 rings (SSSR count). The Morgan fingerprint density at radius 3 is 2.76 bits per heavy atom. The number of aromatic nitrogens is 2. The van der Waals surface area contributed by atoms with Gasteiger partial charge in [0.1, 0.15) is 10.8 Å². The molecule has 0 saturated heterocycles. The average Bonchev–Trinajstić information content (AvgIpc) is 3.22. The first kappa shape index (κ1) is 25.3. The number of halogens is 1. The lowest BCUT2D eigenvalue weighted by Gasteiger charge is -2.31. The third-order valence-corrected chi connectivity index (χ3v) is 8.03. The fourth-order valence-electron chi connectivity index (χ4n) is 5.41. The largest absolute Gasteiger partial charge is 0.495 e. The van der Waals surface area contributed by atoms with Crippen molar-refractivity contribution in [1.82, 2.24) is 14.9 Å². The molecule has 3 aromatic rings. The second-order valence-corrected chi connectivity index (χ2v) is 10.5. The number of hydrogen-bond donors (Lipinski definition) is 1. The van der Waals surface area contributed by atoms with Gasteiger partial charge in [0.2, 0.25) is 5.95 Å². The summed E-state index contributed by atoms with van der Waals surface area (Å²) in [6.07, 6.45) is 2.59. The molecule has 1 N–H and O–H groups in total. The van der Waals surface area contributed by atoms with Gasteiger partial charge in [-0.1, -0.05) is 43.6 Å². The number of ether oxygens (including phenoxy) is 2. The van der Waals surface area contributed by atoms with Gasteiger partial charge >= 0.3 is 5.97 Å². The van der Waals surface area contributed by atoms with Crippen LogP contribution in [0, 0.1) is 5.92 Å². The molecule has 0 saturated carbocycles. The van der Waals surface area contributed by atoms with Crippen LogP contribution >= 0.6 is 11.6 Å². The van der Waals surface area contributed by atoms with Crippen LogP contribution in [0.2, 0.25) is 5.02 Å². The Balaban J connectivity index is 1.51. The molecule has 2 unspecified atom stereocenters. The number of para-hydroxylation sites is 1. The van der Waals surface area contributed by atoms with Crippen LogP contribution in [0.5, 0.6) is 5.75 Å². The van der Waals surface area contributed by atoms with Gasteiger partial charge in [-0.3, -0.25) is 4.79 Å². The standard InChI is InChI=1S/C28H32ClN5O3/c1-17(26(35)37-5)28(2)16-34(23-9-7-6-8-20(23)28)25-21(29)14-30-27(32-25)31-22-12-19-15-33(3)11-10-18(19)13-24(22)36-4/h6-9,12-14,17H,10-11,15-16H2,1-5H3,(H,30,31,32). The van der Waals surface area contributed by atoms with Crippen molar-refractivity contribution in [2.24, 2.45) is 5.92 Å². The van der Waals surface area contributed by atoms with Gasteiger partial charge in [-0.05, 0) is 48.4 Å². The zero-order chi connectivity index (χ0) is 26.3. The van der Waals surface area contributed by atoms with Crippen molar-refractivity contribution in [1.29, 1.82) is 0 Å². The maximum Gasteiger partial charge on any atom is 0.309 e. The van der Waals surface area contributed by atoms with Gasteiger partial charge in [0.15, 0.2) is 5.82 Å². The van der Waals surface area contributed by atoms with E-state index in [0.29, 0.717) is 23.3 Å². The number of rotatable bonds is 6. The minimum Gasteiger partial charge on any atom is -0.495 e. The fraction of sp³-hybridized carbons (Fsp3) is 0.393. The van der Waals surface area contributed by atoms with Crippen molar-refractivity contribution in [3.63, 3.8) is 0 Å². The highest BCUT2D eigenvalue weighted by Crippen LogP contribution is 2.49. The lowest BCUT2D eigenvalue weighted by atomic mass is 9.74. The van der Waals surface area contributed by atoms with Crippen LogP contribution in [0.15, 0.2) is 42.6 Å². The quantitative estimate of drug-likeness (QED) is 0.449. The molecule has 0 fully saturated rings. The normalized spacial score (nSPS) is 19.7. The van der Waals surface area contributed by atoms with Gasteiger partial charge in [0.25, 0.3) is 0 Å². The maximum absolute atomic E-state index is 12.5. The zero-order valence-electron chi connectivity index (χ0n) is 21.8. The van der Waals surface area contributed by atoms with E-state index in [1.54, 1.807) is 13.3 Å². The molecule has 0 radical (unpaired) electrons. The van der Waals surface area contributed by atoms with E-state index in [-0.39, 0.29) is 11.9 Å². The van der Waals surface area contributed by atoms with E-state index < -0.39 is 5.41 Å². The summed E-state index contributed by atoms with van der Waals surface area (Å²) in [6.45, 7) is 6.41. The number of nitrogens with zero attached hydrogens (tertiary/aromatic N) is 4. The minimum atomic E-state index is -0.487. The van der Waals surface area contributed by atoms with Gasteiger partial charge in [0.05, 0.1) is 32.0 Å². The van der Waals surface area contributed by atoms with Crippen LogP contribution < -0.4 is 15.0 Å². The highest BCUT2D eigenvalue weighted by molar-refractivity contribution is 6.33. The molecule has 0 amide bonds. The van der Waals surface area contributed by atoms with Crippen molar-refractivity contribution >= 4 is 40.7 Å². The number of benzene rings is 2. The van der Waals surface area contributed by atoms with Crippen molar-refractivity contribution < 1.29 is 14.3 Å². The number of carbonyl (C=O) groups excluding carboxylic acids is 1. The summed E-state index contributed by atoms with van der Waals surface area (Å²) >= 11 is 6.66. The first-order valence-electron chi connectivity index (χ1n) is 12.4. The molecule has 2 aliphatic rings. The number of anilines is 4. The molecule has 2 aromatic carbocycles. The minimum absolute atomic E-state index is 0.250.